The molecule has 31 heavy (non-hydrogen) atoms. The standard InChI is InChI=1S/C22H27N5O4/c23-12-19(22(30)27-31)26-21(29)16-6-4-14(5-7-16)15-8-10-18(11-9-15)25-20(28)13-24-17-2-1-3-17/h4-11,17,19,24,31H,1-3,12-13,23H2,(H,25,28)(H,26,29)(H,27,30)/t19-/m0/s1. The summed E-state index contributed by atoms with van der Waals surface area (Å²) in [5, 5.41) is 17.2. The predicted octanol–water partition coefficient (Wildman–Crippen LogP) is 0.997. The minimum atomic E-state index is -1.02. The number of nitrogens with one attached hydrogen (secondary N) is 4. The first-order chi connectivity index (χ1) is 15.0. The molecule has 9 nitrogen and oxygen atoms in total. The topological polar surface area (TPSA) is 146 Å². The summed E-state index contributed by atoms with van der Waals surface area (Å²) in [6.45, 7) is 0.163. The molecule has 2 aromatic rings. The van der Waals surface area contributed by atoms with Crippen LogP contribution >= 0.6 is 0 Å². The van der Waals surface area contributed by atoms with Crippen LogP contribution < -0.4 is 27.2 Å². The highest BCUT2D eigenvalue weighted by Crippen LogP contribution is 2.22. The van der Waals surface area contributed by atoms with Gasteiger partial charge < -0.3 is 21.7 Å². The Labute approximate surface area is 180 Å². The maximum absolute atomic E-state index is 12.3. The fraction of sp³-hybridized carbons (Fsp3) is 0.318. The van der Waals surface area contributed by atoms with E-state index in [9.17, 15) is 14.4 Å². The Kier molecular flexibility index (Phi) is 7.71. The minimum absolute atomic E-state index is 0.0688. The number of carbonyl (C=O) groups excluding carboxylic acids is 3. The van der Waals surface area contributed by atoms with Crippen molar-refractivity contribution in [2.24, 2.45) is 5.73 Å². The number of nitrogens with two attached hydrogens (primary N) is 1. The molecule has 0 radical (unpaired) electrons. The molecule has 0 spiro atoms. The van der Waals surface area contributed by atoms with Crippen molar-refractivity contribution in [1.82, 2.24) is 16.1 Å². The van der Waals surface area contributed by atoms with Crippen LogP contribution in [0.2, 0.25) is 0 Å². The number of amides is 3. The lowest BCUT2D eigenvalue weighted by Gasteiger charge is -2.26. The summed E-state index contributed by atoms with van der Waals surface area (Å²) in [5.41, 5.74) is 9.81. The average Bonchev–Trinajstić information content (AvgIpc) is 2.76. The Bertz CT molecular complexity index is 911. The molecular formula is C22H27N5O4. The summed E-state index contributed by atoms with van der Waals surface area (Å²) < 4.78 is 0. The molecule has 0 unspecified atom stereocenters. The molecule has 1 atom stereocenters. The lowest BCUT2D eigenvalue weighted by molar-refractivity contribution is -0.130. The van der Waals surface area contributed by atoms with Gasteiger partial charge in [-0.25, -0.2) is 5.48 Å². The van der Waals surface area contributed by atoms with Crippen LogP contribution in [0.1, 0.15) is 29.6 Å². The second kappa shape index (κ2) is 10.7. The Balaban J connectivity index is 1.55. The van der Waals surface area contributed by atoms with E-state index in [0.717, 1.165) is 29.7 Å². The van der Waals surface area contributed by atoms with Crippen molar-refractivity contribution >= 4 is 23.4 Å². The molecule has 2 aromatic carbocycles. The van der Waals surface area contributed by atoms with Crippen molar-refractivity contribution in [3.63, 3.8) is 0 Å². The normalized spacial score (nSPS) is 14.3. The molecule has 1 fully saturated rings. The SMILES string of the molecule is NC[C@H](NC(=O)c1ccc(-c2ccc(NC(=O)CNC3CCC3)cc2)cc1)C(=O)NO. The Morgan fingerprint density at radius 2 is 1.61 bits per heavy atom. The van der Waals surface area contributed by atoms with Gasteiger partial charge in [-0.05, 0) is 48.2 Å². The smallest absolute Gasteiger partial charge is 0.267 e. The van der Waals surface area contributed by atoms with Gasteiger partial charge in [0.2, 0.25) is 5.91 Å². The van der Waals surface area contributed by atoms with Crippen LogP contribution in [0.15, 0.2) is 48.5 Å². The molecule has 1 aliphatic carbocycles. The highest BCUT2D eigenvalue weighted by molar-refractivity contribution is 5.98. The maximum atomic E-state index is 12.3. The quantitative estimate of drug-likeness (QED) is 0.261. The van der Waals surface area contributed by atoms with Gasteiger partial charge in [0.25, 0.3) is 11.8 Å². The molecule has 0 saturated heterocycles. The molecule has 3 amide bonds. The lowest BCUT2D eigenvalue weighted by Crippen LogP contribution is -2.50. The van der Waals surface area contributed by atoms with Gasteiger partial charge in [0, 0.05) is 23.8 Å². The van der Waals surface area contributed by atoms with Crippen LogP contribution in [0.4, 0.5) is 5.69 Å². The van der Waals surface area contributed by atoms with Crippen LogP contribution in [0, 0.1) is 0 Å². The number of hydroxylamine groups is 1. The Hall–Kier alpha value is -3.27. The van der Waals surface area contributed by atoms with E-state index in [1.807, 2.05) is 24.3 Å². The molecule has 1 saturated carbocycles. The van der Waals surface area contributed by atoms with Crippen molar-refractivity contribution in [2.45, 2.75) is 31.3 Å². The molecule has 7 N–H and O–H groups in total. The largest absolute Gasteiger partial charge is 0.339 e. The molecule has 0 bridgehead atoms. The summed E-state index contributed by atoms with van der Waals surface area (Å²) in [7, 11) is 0. The molecule has 0 heterocycles. The van der Waals surface area contributed by atoms with Gasteiger partial charge in [-0.3, -0.25) is 19.6 Å². The van der Waals surface area contributed by atoms with Crippen molar-refractivity contribution in [3.8, 4) is 11.1 Å². The maximum Gasteiger partial charge on any atom is 0.267 e. The summed E-state index contributed by atoms with van der Waals surface area (Å²) in [4.78, 5) is 35.7. The lowest BCUT2D eigenvalue weighted by atomic mass is 9.93. The monoisotopic (exact) mass is 425 g/mol. The highest BCUT2D eigenvalue weighted by atomic mass is 16.5. The van der Waals surface area contributed by atoms with E-state index in [1.54, 1.807) is 24.3 Å². The van der Waals surface area contributed by atoms with Crippen LogP contribution in [0.3, 0.4) is 0 Å². The summed E-state index contributed by atoms with van der Waals surface area (Å²) in [6.07, 6.45) is 3.49. The summed E-state index contributed by atoms with van der Waals surface area (Å²) in [6, 6.07) is 13.7. The first-order valence-electron chi connectivity index (χ1n) is 10.2. The summed E-state index contributed by atoms with van der Waals surface area (Å²) in [5.74, 6) is -1.32. The van der Waals surface area contributed by atoms with Gasteiger partial charge in [0.05, 0.1) is 6.54 Å². The fourth-order valence-electron chi connectivity index (χ4n) is 3.17. The second-order valence-corrected chi connectivity index (χ2v) is 7.45. The third kappa shape index (κ3) is 6.11. The van der Waals surface area contributed by atoms with Crippen molar-refractivity contribution in [2.75, 3.05) is 18.4 Å². The van der Waals surface area contributed by atoms with E-state index in [4.69, 9.17) is 10.9 Å². The van der Waals surface area contributed by atoms with Gasteiger partial charge >= 0.3 is 0 Å². The molecule has 3 rings (SSSR count). The van der Waals surface area contributed by atoms with Crippen molar-refractivity contribution in [1.29, 1.82) is 0 Å². The summed E-state index contributed by atoms with van der Waals surface area (Å²) >= 11 is 0. The second-order valence-electron chi connectivity index (χ2n) is 7.45. The molecular weight excluding hydrogens is 398 g/mol. The average molecular weight is 425 g/mol. The predicted molar refractivity (Wildman–Crippen MR) is 116 cm³/mol. The van der Waals surface area contributed by atoms with E-state index >= 15 is 0 Å². The zero-order valence-electron chi connectivity index (χ0n) is 17.1. The fourth-order valence-corrected chi connectivity index (χ4v) is 3.17. The van der Waals surface area contributed by atoms with E-state index in [-0.39, 0.29) is 12.5 Å². The zero-order chi connectivity index (χ0) is 22.2. The third-order valence-electron chi connectivity index (χ3n) is 5.27. The van der Waals surface area contributed by atoms with Gasteiger partial charge in [-0.1, -0.05) is 30.7 Å². The van der Waals surface area contributed by atoms with E-state index in [2.05, 4.69) is 16.0 Å². The molecule has 1 aliphatic rings. The highest BCUT2D eigenvalue weighted by Gasteiger charge is 2.19. The van der Waals surface area contributed by atoms with Gasteiger partial charge in [0.1, 0.15) is 6.04 Å². The van der Waals surface area contributed by atoms with Crippen molar-refractivity contribution < 1.29 is 19.6 Å². The number of rotatable bonds is 9. The third-order valence-corrected chi connectivity index (χ3v) is 5.27. The first-order valence-corrected chi connectivity index (χ1v) is 10.2. The van der Waals surface area contributed by atoms with Crippen molar-refractivity contribution in [3.05, 3.63) is 54.1 Å². The number of benzene rings is 2. The molecule has 0 aromatic heterocycles. The molecule has 0 aliphatic heterocycles. The zero-order valence-corrected chi connectivity index (χ0v) is 17.1. The Morgan fingerprint density at radius 3 is 2.13 bits per heavy atom. The van der Waals surface area contributed by atoms with Gasteiger partial charge in [0.15, 0.2) is 0 Å². The first kappa shape index (κ1) is 22.4. The van der Waals surface area contributed by atoms with Crippen LogP contribution in [0.25, 0.3) is 11.1 Å². The number of carbonyl (C=O) groups is 3. The van der Waals surface area contributed by atoms with Gasteiger partial charge in [-0.15, -0.1) is 0 Å². The van der Waals surface area contributed by atoms with Crippen LogP contribution in [-0.4, -0.2) is 48.1 Å². The molecule has 164 valence electrons. The van der Waals surface area contributed by atoms with E-state index < -0.39 is 17.9 Å². The van der Waals surface area contributed by atoms with Crippen LogP contribution in [-0.2, 0) is 9.59 Å². The molecule has 9 heteroatoms. The van der Waals surface area contributed by atoms with E-state index in [0.29, 0.717) is 18.2 Å². The minimum Gasteiger partial charge on any atom is -0.339 e. The van der Waals surface area contributed by atoms with Crippen LogP contribution in [0.5, 0.6) is 0 Å². The number of anilines is 1. The van der Waals surface area contributed by atoms with Gasteiger partial charge in [-0.2, -0.15) is 0 Å². The number of hydrogen-bond acceptors (Lipinski definition) is 6. The van der Waals surface area contributed by atoms with E-state index in [1.165, 1.54) is 11.9 Å². The number of hydrogen-bond donors (Lipinski definition) is 6. The Morgan fingerprint density at radius 1 is 1.00 bits per heavy atom.